The van der Waals surface area contributed by atoms with Crippen LogP contribution in [0.4, 0.5) is 5.69 Å². The predicted molar refractivity (Wildman–Crippen MR) is 131 cm³/mol. The molecule has 0 saturated heterocycles. The highest BCUT2D eigenvalue weighted by molar-refractivity contribution is 6.32. The van der Waals surface area contributed by atoms with Crippen LogP contribution in [0.2, 0.25) is 10.3 Å². The van der Waals surface area contributed by atoms with Crippen LogP contribution in [0, 0.1) is 6.92 Å². The van der Waals surface area contributed by atoms with Crippen molar-refractivity contribution in [3.63, 3.8) is 0 Å². The van der Waals surface area contributed by atoms with Crippen LogP contribution in [0.15, 0.2) is 53.5 Å². The highest BCUT2D eigenvalue weighted by atomic mass is 35.5. The third-order valence-corrected chi connectivity index (χ3v) is 5.79. The Morgan fingerprint density at radius 3 is 2.55 bits per heavy atom. The Hall–Kier alpha value is -3.29. The van der Waals surface area contributed by atoms with E-state index in [-0.39, 0.29) is 22.3 Å². The number of fused-ring (bicyclic) bond motifs is 1. The van der Waals surface area contributed by atoms with Gasteiger partial charge < -0.3 is 5.32 Å². The molecule has 7 nitrogen and oxygen atoms in total. The number of rotatable bonds is 3. The summed E-state index contributed by atoms with van der Waals surface area (Å²) in [6.45, 7) is 8.05. The maximum atomic E-state index is 13.0. The number of aromatic nitrogens is 4. The molecule has 1 amide bonds. The molecule has 2 aromatic carbocycles. The molecule has 0 aliphatic rings. The van der Waals surface area contributed by atoms with Gasteiger partial charge in [-0.2, -0.15) is 9.97 Å². The molecular formula is C24H21Cl2N5O2. The van der Waals surface area contributed by atoms with Crippen LogP contribution in [0.1, 0.15) is 42.4 Å². The van der Waals surface area contributed by atoms with Crippen molar-refractivity contribution in [3.05, 3.63) is 86.3 Å². The maximum Gasteiger partial charge on any atom is 0.354 e. The second-order valence-corrected chi connectivity index (χ2v) is 9.39. The Morgan fingerprint density at radius 2 is 1.82 bits per heavy atom. The summed E-state index contributed by atoms with van der Waals surface area (Å²) < 4.78 is 1.33. The molecule has 0 saturated carbocycles. The molecule has 4 rings (SSSR count). The fourth-order valence-corrected chi connectivity index (χ4v) is 3.80. The molecule has 0 atom stereocenters. The van der Waals surface area contributed by atoms with E-state index in [1.165, 1.54) is 10.8 Å². The van der Waals surface area contributed by atoms with E-state index in [1.54, 1.807) is 25.1 Å². The van der Waals surface area contributed by atoms with Gasteiger partial charge in [-0.15, -0.1) is 0 Å². The maximum absolute atomic E-state index is 13.0. The summed E-state index contributed by atoms with van der Waals surface area (Å²) in [6.07, 6.45) is 1.50. The van der Waals surface area contributed by atoms with Gasteiger partial charge in [0, 0.05) is 23.1 Å². The Morgan fingerprint density at radius 1 is 1.06 bits per heavy atom. The SMILES string of the molecule is Cc1c2cnc(Cl)nc2nc(=O)n1-c1cc(C(=O)Nc2cccc(C(C)(C)C)c2)ccc1Cl. The second kappa shape index (κ2) is 8.57. The smallest absolute Gasteiger partial charge is 0.322 e. The van der Waals surface area contributed by atoms with E-state index in [9.17, 15) is 9.59 Å². The number of carbonyl (C=O) groups is 1. The summed E-state index contributed by atoms with van der Waals surface area (Å²) in [6, 6.07) is 12.4. The molecular weight excluding hydrogens is 461 g/mol. The van der Waals surface area contributed by atoms with Gasteiger partial charge in [0.15, 0.2) is 5.65 Å². The summed E-state index contributed by atoms with van der Waals surface area (Å²) in [7, 11) is 0. The number of benzene rings is 2. The molecule has 2 aromatic heterocycles. The van der Waals surface area contributed by atoms with Crippen molar-refractivity contribution < 1.29 is 4.79 Å². The third-order valence-electron chi connectivity index (χ3n) is 5.29. The molecule has 9 heteroatoms. The van der Waals surface area contributed by atoms with E-state index >= 15 is 0 Å². The third kappa shape index (κ3) is 4.60. The highest BCUT2D eigenvalue weighted by Crippen LogP contribution is 2.27. The van der Waals surface area contributed by atoms with Gasteiger partial charge in [0.1, 0.15) is 0 Å². The molecule has 2 heterocycles. The lowest BCUT2D eigenvalue weighted by Gasteiger charge is -2.20. The monoisotopic (exact) mass is 481 g/mol. The van der Waals surface area contributed by atoms with Crippen LogP contribution in [0.5, 0.6) is 0 Å². The number of hydrogen-bond acceptors (Lipinski definition) is 5. The largest absolute Gasteiger partial charge is 0.354 e. The van der Waals surface area contributed by atoms with Crippen LogP contribution in [0.25, 0.3) is 16.7 Å². The number of hydrogen-bond donors (Lipinski definition) is 1. The van der Waals surface area contributed by atoms with Crippen molar-refractivity contribution in [2.45, 2.75) is 33.1 Å². The molecule has 0 aliphatic carbocycles. The fraction of sp³-hybridized carbons (Fsp3) is 0.208. The summed E-state index contributed by atoms with van der Waals surface area (Å²) in [5.74, 6) is -0.325. The molecule has 1 N–H and O–H groups in total. The number of anilines is 1. The molecule has 0 spiro atoms. The van der Waals surface area contributed by atoms with Gasteiger partial charge in [-0.25, -0.2) is 9.78 Å². The van der Waals surface area contributed by atoms with Crippen molar-refractivity contribution >= 4 is 45.8 Å². The second-order valence-electron chi connectivity index (χ2n) is 8.64. The first-order chi connectivity index (χ1) is 15.5. The van der Waals surface area contributed by atoms with Gasteiger partial charge in [-0.1, -0.05) is 44.5 Å². The number of halogens is 2. The molecule has 0 unspecified atom stereocenters. The Kier molecular flexibility index (Phi) is 5.95. The van der Waals surface area contributed by atoms with Gasteiger partial charge in [-0.05, 0) is 59.8 Å². The van der Waals surface area contributed by atoms with Crippen LogP contribution < -0.4 is 11.0 Å². The Balaban J connectivity index is 1.74. The van der Waals surface area contributed by atoms with E-state index < -0.39 is 5.69 Å². The number of amides is 1. The van der Waals surface area contributed by atoms with Crippen molar-refractivity contribution in [1.29, 1.82) is 0 Å². The fourth-order valence-electron chi connectivity index (χ4n) is 3.47. The van der Waals surface area contributed by atoms with Crippen molar-refractivity contribution in [2.75, 3.05) is 5.32 Å². The molecule has 0 aliphatic heterocycles. The zero-order valence-electron chi connectivity index (χ0n) is 18.5. The van der Waals surface area contributed by atoms with E-state index in [1.807, 2.05) is 24.3 Å². The molecule has 4 aromatic rings. The summed E-state index contributed by atoms with van der Waals surface area (Å²) in [5, 5.41) is 3.75. The highest BCUT2D eigenvalue weighted by Gasteiger charge is 2.18. The molecule has 33 heavy (non-hydrogen) atoms. The lowest BCUT2D eigenvalue weighted by atomic mass is 9.87. The van der Waals surface area contributed by atoms with Gasteiger partial charge in [-0.3, -0.25) is 9.36 Å². The van der Waals surface area contributed by atoms with Crippen LogP contribution in [-0.2, 0) is 5.41 Å². The first kappa shape index (κ1) is 22.9. The van der Waals surface area contributed by atoms with Crippen molar-refractivity contribution in [2.24, 2.45) is 0 Å². The average Bonchev–Trinajstić information content (AvgIpc) is 2.74. The van der Waals surface area contributed by atoms with Gasteiger partial charge >= 0.3 is 5.69 Å². The van der Waals surface area contributed by atoms with E-state index in [2.05, 4.69) is 41.0 Å². The first-order valence-corrected chi connectivity index (χ1v) is 10.9. The van der Waals surface area contributed by atoms with Gasteiger partial charge in [0.05, 0.1) is 16.1 Å². The molecule has 168 valence electrons. The lowest BCUT2D eigenvalue weighted by molar-refractivity contribution is 0.102. The lowest BCUT2D eigenvalue weighted by Crippen LogP contribution is -2.25. The minimum atomic E-state index is -0.591. The van der Waals surface area contributed by atoms with Crippen molar-refractivity contribution in [3.8, 4) is 5.69 Å². The van der Waals surface area contributed by atoms with Crippen LogP contribution in [-0.4, -0.2) is 25.4 Å². The predicted octanol–water partition coefficient (Wildman–Crippen LogP) is 5.34. The zero-order valence-corrected chi connectivity index (χ0v) is 20.0. The van der Waals surface area contributed by atoms with Crippen LogP contribution >= 0.6 is 23.2 Å². The molecule has 0 radical (unpaired) electrons. The molecule has 0 bridgehead atoms. The van der Waals surface area contributed by atoms with E-state index in [0.29, 0.717) is 33.0 Å². The quantitative estimate of drug-likeness (QED) is 0.398. The number of aryl methyl sites for hydroxylation is 1. The minimum absolute atomic E-state index is 0.00113. The molecule has 0 fully saturated rings. The normalized spacial score (nSPS) is 11.6. The van der Waals surface area contributed by atoms with Gasteiger partial charge in [0.2, 0.25) is 5.28 Å². The number of carbonyl (C=O) groups excluding carboxylic acids is 1. The Labute approximate surface area is 200 Å². The average molecular weight is 482 g/mol. The van der Waals surface area contributed by atoms with Crippen LogP contribution in [0.3, 0.4) is 0 Å². The van der Waals surface area contributed by atoms with E-state index in [0.717, 1.165) is 5.56 Å². The van der Waals surface area contributed by atoms with E-state index in [4.69, 9.17) is 23.2 Å². The Bertz CT molecular complexity index is 1460. The zero-order chi connectivity index (χ0) is 23.9. The first-order valence-electron chi connectivity index (χ1n) is 10.2. The number of nitrogens with one attached hydrogen (secondary N) is 1. The standard InChI is InChI=1S/C24H21Cl2N5O2/c1-13-17-12-27-22(26)29-20(17)30-23(33)31(13)19-10-14(8-9-18(19)25)21(32)28-16-7-5-6-15(11-16)24(2,3)4/h5-12H,1-4H3,(H,28,32). The minimum Gasteiger partial charge on any atom is -0.322 e. The van der Waals surface area contributed by atoms with Crippen molar-refractivity contribution in [1.82, 2.24) is 19.5 Å². The topological polar surface area (TPSA) is 89.8 Å². The number of nitrogens with zero attached hydrogens (tertiary/aromatic N) is 4. The summed E-state index contributed by atoms with van der Waals surface area (Å²) in [4.78, 5) is 37.8. The summed E-state index contributed by atoms with van der Waals surface area (Å²) in [5.41, 5.74) is 2.53. The van der Waals surface area contributed by atoms with Gasteiger partial charge in [0.25, 0.3) is 5.91 Å². The summed E-state index contributed by atoms with van der Waals surface area (Å²) >= 11 is 12.2.